The lowest BCUT2D eigenvalue weighted by Crippen LogP contribution is -2.14. The average Bonchev–Trinajstić information content (AvgIpc) is 3.69. The molecule has 0 bridgehead atoms. The molecular weight excluding hydrogens is 749 g/mol. The first-order chi connectivity index (χ1) is 30.8. The van der Waals surface area contributed by atoms with Crippen LogP contribution in [0.3, 0.4) is 0 Å². The van der Waals surface area contributed by atoms with Gasteiger partial charge in [0.2, 0.25) is 0 Å². The van der Waals surface area contributed by atoms with Gasteiger partial charge in [-0.15, -0.1) is 0 Å². The average molecular weight is 791 g/mol. The van der Waals surface area contributed by atoms with E-state index in [1.807, 2.05) is 0 Å². The van der Waals surface area contributed by atoms with E-state index in [1.54, 1.807) is 0 Å². The zero-order chi connectivity index (χ0) is 41.2. The predicted molar refractivity (Wildman–Crippen MR) is 263 cm³/mol. The monoisotopic (exact) mass is 790 g/mol. The van der Waals surface area contributed by atoms with Crippen molar-refractivity contribution in [3.63, 3.8) is 0 Å². The number of hydrogen-bond donors (Lipinski definition) is 0. The van der Waals surface area contributed by atoms with Crippen LogP contribution in [0.15, 0.2) is 255 Å². The van der Waals surface area contributed by atoms with E-state index in [0.717, 1.165) is 28.3 Å². The summed E-state index contributed by atoms with van der Waals surface area (Å²) in [6.45, 7) is 0. The molecule has 0 unspecified atom stereocenters. The number of anilines is 3. The first-order valence-corrected chi connectivity index (χ1v) is 21.3. The third kappa shape index (κ3) is 6.65. The topological polar surface area (TPSA) is 8.17 Å². The normalized spacial score (nSPS) is 11.2. The minimum absolute atomic E-state index is 1.07. The molecule has 62 heavy (non-hydrogen) atoms. The van der Waals surface area contributed by atoms with Gasteiger partial charge in [-0.25, -0.2) is 0 Å². The molecule has 0 aliphatic rings. The lowest BCUT2D eigenvalue weighted by molar-refractivity contribution is 1.15. The summed E-state index contributed by atoms with van der Waals surface area (Å²) in [7, 11) is 0. The molecule has 2 nitrogen and oxygen atoms in total. The Balaban J connectivity index is 1.11. The first-order valence-electron chi connectivity index (χ1n) is 21.3. The number of aromatic nitrogens is 1. The molecule has 0 aliphatic heterocycles. The molecule has 0 fully saturated rings. The highest BCUT2D eigenvalue weighted by atomic mass is 15.2. The van der Waals surface area contributed by atoms with Crippen LogP contribution >= 0.6 is 0 Å². The molecule has 11 rings (SSSR count). The first kappa shape index (κ1) is 36.8. The Hall–Kier alpha value is -8.20. The number of benzene rings is 10. The van der Waals surface area contributed by atoms with Gasteiger partial charge >= 0.3 is 0 Å². The predicted octanol–water partition coefficient (Wildman–Crippen LogP) is 16.6. The zero-order valence-corrected chi connectivity index (χ0v) is 34.1. The fourth-order valence-electron chi connectivity index (χ4n) is 9.16. The van der Waals surface area contributed by atoms with Crippen LogP contribution < -0.4 is 4.90 Å². The van der Waals surface area contributed by atoms with Gasteiger partial charge in [0.15, 0.2) is 0 Å². The summed E-state index contributed by atoms with van der Waals surface area (Å²) >= 11 is 0. The Bertz CT molecular complexity index is 3270. The van der Waals surface area contributed by atoms with E-state index < -0.39 is 0 Å². The van der Waals surface area contributed by atoms with Crippen LogP contribution in [-0.2, 0) is 0 Å². The fourth-order valence-corrected chi connectivity index (χ4v) is 9.16. The Kier molecular flexibility index (Phi) is 9.57. The van der Waals surface area contributed by atoms with Gasteiger partial charge in [-0.2, -0.15) is 0 Å². The highest BCUT2D eigenvalue weighted by Gasteiger charge is 2.24. The number of fused-ring (bicyclic) bond motifs is 3. The molecule has 0 saturated heterocycles. The molecular formula is C60H42N2. The molecule has 0 saturated carbocycles. The van der Waals surface area contributed by atoms with Crippen LogP contribution in [0.2, 0.25) is 0 Å². The third-order valence-electron chi connectivity index (χ3n) is 12.1. The van der Waals surface area contributed by atoms with Gasteiger partial charge in [-0.05, 0) is 92.5 Å². The summed E-state index contributed by atoms with van der Waals surface area (Å²) in [5.74, 6) is 0. The van der Waals surface area contributed by atoms with Gasteiger partial charge in [0.05, 0.1) is 28.1 Å². The van der Waals surface area contributed by atoms with Gasteiger partial charge in [0.1, 0.15) is 0 Å². The Morgan fingerprint density at radius 2 is 0.613 bits per heavy atom. The van der Waals surface area contributed by atoms with Crippen LogP contribution in [0.25, 0.3) is 83.1 Å². The fraction of sp³-hybridized carbons (Fsp3) is 0. The second kappa shape index (κ2) is 16.1. The maximum atomic E-state index is 2.45. The summed E-state index contributed by atoms with van der Waals surface area (Å²) < 4.78 is 2.43. The summed E-state index contributed by atoms with van der Waals surface area (Å²) in [4.78, 5) is 2.45. The van der Waals surface area contributed by atoms with E-state index in [2.05, 4.69) is 264 Å². The summed E-state index contributed by atoms with van der Waals surface area (Å²) in [6, 6.07) is 92.1. The molecule has 1 heterocycles. The van der Waals surface area contributed by atoms with Crippen molar-refractivity contribution in [1.82, 2.24) is 4.57 Å². The minimum Gasteiger partial charge on any atom is -0.308 e. The smallest absolute Gasteiger partial charge is 0.0702 e. The molecule has 0 amide bonds. The summed E-state index contributed by atoms with van der Waals surface area (Å²) in [5, 5.41) is 2.47. The van der Waals surface area contributed by atoms with Crippen molar-refractivity contribution in [2.45, 2.75) is 0 Å². The van der Waals surface area contributed by atoms with Crippen molar-refractivity contribution in [3.8, 4) is 61.3 Å². The molecule has 0 radical (unpaired) electrons. The van der Waals surface area contributed by atoms with Crippen molar-refractivity contribution in [2.75, 3.05) is 4.90 Å². The van der Waals surface area contributed by atoms with E-state index in [4.69, 9.17) is 0 Å². The van der Waals surface area contributed by atoms with Gasteiger partial charge in [0.25, 0.3) is 0 Å². The molecule has 11 aromatic rings. The van der Waals surface area contributed by atoms with Crippen molar-refractivity contribution < 1.29 is 0 Å². The van der Waals surface area contributed by atoms with Crippen LogP contribution in [0.4, 0.5) is 17.1 Å². The van der Waals surface area contributed by atoms with Crippen LogP contribution in [-0.4, -0.2) is 4.57 Å². The van der Waals surface area contributed by atoms with Gasteiger partial charge in [-0.3, -0.25) is 0 Å². The number of hydrogen-bond acceptors (Lipinski definition) is 1. The van der Waals surface area contributed by atoms with Crippen molar-refractivity contribution in [1.29, 1.82) is 0 Å². The minimum atomic E-state index is 1.07. The quantitative estimate of drug-likeness (QED) is 0.141. The Labute approximate surface area is 362 Å². The Morgan fingerprint density at radius 3 is 1.19 bits per heavy atom. The second-order valence-corrected chi connectivity index (χ2v) is 15.7. The molecule has 1 aromatic heterocycles. The van der Waals surface area contributed by atoms with E-state index in [-0.39, 0.29) is 0 Å². The number of rotatable bonds is 9. The van der Waals surface area contributed by atoms with Crippen LogP contribution in [0.5, 0.6) is 0 Å². The molecule has 0 aliphatic carbocycles. The van der Waals surface area contributed by atoms with Crippen molar-refractivity contribution >= 4 is 38.9 Å². The van der Waals surface area contributed by atoms with E-state index >= 15 is 0 Å². The molecule has 0 atom stereocenters. The largest absolute Gasteiger partial charge is 0.308 e. The van der Waals surface area contributed by atoms with Crippen LogP contribution in [0.1, 0.15) is 0 Å². The van der Waals surface area contributed by atoms with Crippen molar-refractivity contribution in [2.24, 2.45) is 0 Å². The maximum Gasteiger partial charge on any atom is 0.0702 e. The highest BCUT2D eigenvalue weighted by Crippen LogP contribution is 2.47. The van der Waals surface area contributed by atoms with Crippen LogP contribution in [0, 0.1) is 0 Å². The van der Waals surface area contributed by atoms with Crippen molar-refractivity contribution in [3.05, 3.63) is 255 Å². The standard InChI is InChI=1S/C60H42N2/c1-3-19-43(20-4-1)44-35-37-45(38-36-44)46-39-41-48(42-40-46)61(59-33-17-18-34-60(59)62-57-31-15-12-28-54(57)55-29-13-16-32-58(55)62)56-30-14-11-27-53(56)52-26-10-9-25-51(52)50-24-8-7-23-49(50)47-21-5-2-6-22-47/h1-42H. The third-order valence-corrected chi connectivity index (χ3v) is 12.1. The molecule has 0 spiro atoms. The highest BCUT2D eigenvalue weighted by molar-refractivity contribution is 6.10. The lowest BCUT2D eigenvalue weighted by atomic mass is 9.88. The van der Waals surface area contributed by atoms with E-state index in [0.29, 0.717) is 0 Å². The SMILES string of the molecule is c1ccc(-c2ccc(-c3ccc(N(c4ccccc4-c4ccccc4-c4ccccc4-c4ccccc4)c4ccccc4-n4c5ccccc5c5ccccc54)cc3)cc2)cc1. The lowest BCUT2D eigenvalue weighted by Gasteiger charge is -2.31. The summed E-state index contributed by atoms with van der Waals surface area (Å²) in [5.41, 5.74) is 18.6. The van der Waals surface area contributed by atoms with Gasteiger partial charge < -0.3 is 9.47 Å². The molecule has 0 N–H and O–H groups in total. The Morgan fingerprint density at radius 1 is 0.242 bits per heavy atom. The van der Waals surface area contributed by atoms with E-state index in [9.17, 15) is 0 Å². The summed E-state index contributed by atoms with van der Waals surface area (Å²) in [6.07, 6.45) is 0. The zero-order valence-electron chi connectivity index (χ0n) is 34.1. The van der Waals surface area contributed by atoms with E-state index in [1.165, 1.54) is 71.9 Å². The molecule has 10 aromatic carbocycles. The maximum absolute atomic E-state index is 2.45. The molecule has 2 heteroatoms. The van der Waals surface area contributed by atoms with Gasteiger partial charge in [0, 0.05) is 22.0 Å². The number of nitrogens with zero attached hydrogens (tertiary/aromatic N) is 2. The molecule has 292 valence electrons. The number of para-hydroxylation sites is 5. The van der Waals surface area contributed by atoms with Gasteiger partial charge in [-0.1, -0.05) is 212 Å². The second-order valence-electron chi connectivity index (χ2n) is 15.7.